The Kier molecular flexibility index (Phi) is 7.85. The molecule has 0 spiro atoms. The Balaban J connectivity index is 1.99. The lowest BCUT2D eigenvalue weighted by molar-refractivity contribution is 0.134. The highest BCUT2D eigenvalue weighted by atomic mass is 79.9. The van der Waals surface area contributed by atoms with Gasteiger partial charge in [-0.05, 0) is 53.5 Å². The van der Waals surface area contributed by atoms with Crippen molar-refractivity contribution in [3.63, 3.8) is 0 Å². The number of rotatable bonds is 9. The van der Waals surface area contributed by atoms with Crippen LogP contribution >= 0.6 is 15.9 Å². The minimum Gasteiger partial charge on any atom is -0.372 e. The first-order valence-corrected chi connectivity index (χ1v) is 12.3. The Morgan fingerprint density at radius 3 is 2.03 bits per heavy atom. The third-order valence-corrected chi connectivity index (χ3v) is 7.19. The maximum absolute atomic E-state index is 13.2. The van der Waals surface area contributed by atoms with Crippen LogP contribution in [-0.2, 0) is 14.8 Å². The Bertz CT molecular complexity index is 1190. The third kappa shape index (κ3) is 5.64. The second kappa shape index (κ2) is 10.4. The molecule has 0 bridgehead atoms. The number of benzene rings is 3. The molecular weight excluding hydrogens is 486 g/mol. The van der Waals surface area contributed by atoms with Crippen molar-refractivity contribution in [1.29, 1.82) is 0 Å². The van der Waals surface area contributed by atoms with Crippen molar-refractivity contribution in [3.8, 4) is 0 Å². The fourth-order valence-corrected chi connectivity index (χ4v) is 4.88. The molecule has 0 aliphatic carbocycles. The summed E-state index contributed by atoms with van der Waals surface area (Å²) in [5.41, 5.74) is 3.77. The summed E-state index contributed by atoms with van der Waals surface area (Å²) in [6.45, 7) is 10.3. The first-order valence-electron chi connectivity index (χ1n) is 10.0. The van der Waals surface area contributed by atoms with Gasteiger partial charge in [0.15, 0.2) is 0 Å². The van der Waals surface area contributed by atoms with Crippen LogP contribution in [0.3, 0.4) is 0 Å². The van der Waals surface area contributed by atoms with Crippen molar-refractivity contribution in [2.45, 2.75) is 24.0 Å². The highest BCUT2D eigenvalue weighted by Crippen LogP contribution is 2.36. The molecule has 0 aliphatic rings. The highest BCUT2D eigenvalue weighted by Gasteiger charge is 2.28. The van der Waals surface area contributed by atoms with Crippen LogP contribution in [0.2, 0.25) is 0 Å². The number of ether oxygens (including phenoxy) is 1. The molecule has 0 unspecified atom stereocenters. The van der Waals surface area contributed by atoms with Gasteiger partial charge < -0.3 is 4.74 Å². The van der Waals surface area contributed by atoms with E-state index in [2.05, 4.69) is 33.8 Å². The van der Waals surface area contributed by atoms with Gasteiger partial charge >= 0.3 is 0 Å². The zero-order valence-electron chi connectivity index (χ0n) is 18.1. The van der Waals surface area contributed by atoms with Gasteiger partial charge in [-0.3, -0.25) is 0 Å². The van der Waals surface area contributed by atoms with E-state index in [0.29, 0.717) is 11.1 Å². The lowest BCUT2D eigenvalue weighted by Gasteiger charge is -2.27. The van der Waals surface area contributed by atoms with Crippen LogP contribution in [-0.4, -0.2) is 15.5 Å². The van der Waals surface area contributed by atoms with Crippen molar-refractivity contribution in [3.05, 3.63) is 124 Å². The molecule has 0 fully saturated rings. The minimum atomic E-state index is -3.81. The molecule has 0 saturated heterocycles. The van der Waals surface area contributed by atoms with Crippen molar-refractivity contribution < 1.29 is 13.2 Å². The topological polar surface area (TPSA) is 55.4 Å². The standard InChI is InChI=1S/C26H26BrNO3S/c1-18-10-16-24(17-11-18)32(29,30)28-25(21-12-14-23(27)15-13-21)19(2)20(3)26(31-4)22-8-6-5-7-9-22/h5-17,25-26,28H,2-3H2,1,4H3/t25-,26+/m0/s1. The van der Waals surface area contributed by atoms with Gasteiger partial charge in [-0.25, -0.2) is 8.42 Å². The van der Waals surface area contributed by atoms with Crippen LogP contribution in [0.1, 0.15) is 28.8 Å². The zero-order chi connectivity index (χ0) is 23.3. The number of methoxy groups -OCH3 is 1. The van der Waals surface area contributed by atoms with Crippen molar-refractivity contribution >= 4 is 26.0 Å². The Morgan fingerprint density at radius 1 is 0.875 bits per heavy atom. The van der Waals surface area contributed by atoms with Gasteiger partial charge in [0.05, 0.1) is 10.9 Å². The predicted octanol–water partition coefficient (Wildman–Crippen LogP) is 6.28. The van der Waals surface area contributed by atoms with Crippen LogP contribution in [0.4, 0.5) is 0 Å². The predicted molar refractivity (Wildman–Crippen MR) is 133 cm³/mol. The second-order valence-electron chi connectivity index (χ2n) is 7.50. The van der Waals surface area contributed by atoms with E-state index in [1.54, 1.807) is 31.4 Å². The molecule has 0 amide bonds. The summed E-state index contributed by atoms with van der Waals surface area (Å²) in [7, 11) is -2.22. The largest absolute Gasteiger partial charge is 0.372 e. The highest BCUT2D eigenvalue weighted by molar-refractivity contribution is 9.10. The van der Waals surface area contributed by atoms with E-state index < -0.39 is 22.2 Å². The number of aryl methyl sites for hydroxylation is 1. The first kappa shape index (κ1) is 24.1. The Morgan fingerprint density at radius 2 is 1.47 bits per heavy atom. The van der Waals surface area contributed by atoms with E-state index in [0.717, 1.165) is 21.2 Å². The molecule has 0 radical (unpaired) electrons. The normalized spacial score (nSPS) is 13.3. The summed E-state index contributed by atoms with van der Waals surface area (Å²) in [5.74, 6) is 0. The monoisotopic (exact) mass is 511 g/mol. The molecule has 4 nitrogen and oxygen atoms in total. The van der Waals surface area contributed by atoms with Gasteiger partial charge in [0, 0.05) is 11.6 Å². The van der Waals surface area contributed by atoms with Crippen molar-refractivity contribution in [2.24, 2.45) is 0 Å². The van der Waals surface area contributed by atoms with Crippen LogP contribution in [0, 0.1) is 6.92 Å². The molecule has 3 aromatic carbocycles. The lowest BCUT2D eigenvalue weighted by Crippen LogP contribution is -2.31. The summed E-state index contributed by atoms with van der Waals surface area (Å²) in [5, 5.41) is 0. The van der Waals surface area contributed by atoms with Crippen LogP contribution in [0.5, 0.6) is 0 Å². The van der Waals surface area contributed by atoms with Crippen molar-refractivity contribution in [1.82, 2.24) is 4.72 Å². The van der Waals surface area contributed by atoms with E-state index in [-0.39, 0.29) is 4.90 Å². The minimum absolute atomic E-state index is 0.190. The molecule has 2 atom stereocenters. The number of hydrogen-bond acceptors (Lipinski definition) is 3. The molecular formula is C26H26BrNO3S. The molecule has 0 aliphatic heterocycles. The van der Waals surface area contributed by atoms with E-state index in [1.807, 2.05) is 61.5 Å². The molecule has 0 heterocycles. The molecule has 3 rings (SSSR count). The fourth-order valence-electron chi connectivity index (χ4n) is 3.40. The summed E-state index contributed by atoms with van der Waals surface area (Å²) in [6, 6.07) is 23.1. The number of nitrogens with one attached hydrogen (secondary N) is 1. The Hall–Kier alpha value is -2.51. The van der Waals surface area contributed by atoms with Gasteiger partial charge in [0.2, 0.25) is 10.0 Å². The number of sulfonamides is 1. The zero-order valence-corrected chi connectivity index (χ0v) is 20.5. The van der Waals surface area contributed by atoms with Crippen LogP contribution in [0.25, 0.3) is 0 Å². The van der Waals surface area contributed by atoms with Crippen LogP contribution < -0.4 is 4.72 Å². The van der Waals surface area contributed by atoms with Gasteiger partial charge in [-0.15, -0.1) is 0 Å². The molecule has 32 heavy (non-hydrogen) atoms. The molecule has 0 aromatic heterocycles. The van der Waals surface area contributed by atoms with Gasteiger partial charge in [-0.1, -0.05) is 89.2 Å². The molecule has 6 heteroatoms. The molecule has 3 aromatic rings. The third-order valence-electron chi connectivity index (χ3n) is 5.22. The summed E-state index contributed by atoms with van der Waals surface area (Å²) in [6.07, 6.45) is -0.453. The van der Waals surface area contributed by atoms with E-state index in [9.17, 15) is 8.42 Å². The van der Waals surface area contributed by atoms with E-state index in [1.165, 1.54) is 0 Å². The lowest BCUT2D eigenvalue weighted by atomic mass is 9.90. The molecule has 166 valence electrons. The Labute approximate surface area is 198 Å². The summed E-state index contributed by atoms with van der Waals surface area (Å²) >= 11 is 3.43. The maximum Gasteiger partial charge on any atom is 0.241 e. The first-order chi connectivity index (χ1) is 15.2. The summed E-state index contributed by atoms with van der Waals surface area (Å²) < 4.78 is 35.8. The average Bonchev–Trinajstić information content (AvgIpc) is 2.79. The van der Waals surface area contributed by atoms with Crippen molar-refractivity contribution in [2.75, 3.05) is 7.11 Å². The average molecular weight is 512 g/mol. The second-order valence-corrected chi connectivity index (χ2v) is 10.1. The van der Waals surface area contributed by atoms with Gasteiger partial charge in [0.25, 0.3) is 0 Å². The maximum atomic E-state index is 13.2. The summed E-state index contributed by atoms with van der Waals surface area (Å²) in [4.78, 5) is 0.190. The smallest absolute Gasteiger partial charge is 0.241 e. The fraction of sp³-hybridized carbons (Fsp3) is 0.154. The van der Waals surface area contributed by atoms with Crippen LogP contribution in [0.15, 0.2) is 113 Å². The quantitative estimate of drug-likeness (QED) is 0.344. The van der Waals surface area contributed by atoms with E-state index in [4.69, 9.17) is 4.74 Å². The number of hydrogen-bond donors (Lipinski definition) is 1. The van der Waals surface area contributed by atoms with E-state index >= 15 is 0 Å². The van der Waals surface area contributed by atoms with Gasteiger partial charge in [0.1, 0.15) is 6.10 Å². The van der Waals surface area contributed by atoms with Gasteiger partial charge in [-0.2, -0.15) is 4.72 Å². The molecule has 1 N–H and O–H groups in total. The SMILES string of the molecule is C=C(C(=C)[C@H](NS(=O)(=O)c1ccc(C)cc1)c1ccc(Br)cc1)[C@@H](OC)c1ccccc1. The number of halogens is 1. The molecule has 0 saturated carbocycles.